The molecule has 37 heavy (non-hydrogen) atoms. The number of rotatable bonds is 9. The van der Waals surface area contributed by atoms with E-state index in [0.717, 1.165) is 22.9 Å². The molecule has 0 saturated carbocycles. The van der Waals surface area contributed by atoms with Gasteiger partial charge in [0.05, 0.1) is 11.3 Å². The minimum Gasteiger partial charge on any atom is -0.434 e. The molecule has 1 aromatic heterocycles. The number of hydrogen-bond acceptors (Lipinski definition) is 7. The fourth-order valence-corrected chi connectivity index (χ4v) is 3.20. The topological polar surface area (TPSA) is 104 Å². The minimum atomic E-state index is -3.26. The van der Waals surface area contributed by atoms with Gasteiger partial charge in [0, 0.05) is 50.6 Å². The number of nitrogens with zero attached hydrogens (tertiary/aromatic N) is 6. The molecule has 2 amide bonds. The van der Waals surface area contributed by atoms with Gasteiger partial charge < -0.3 is 15.0 Å². The Morgan fingerprint density at radius 2 is 1.97 bits per heavy atom. The number of hydrazone groups is 1. The van der Waals surface area contributed by atoms with Crippen molar-refractivity contribution >= 4 is 30.4 Å². The van der Waals surface area contributed by atoms with Crippen molar-refractivity contribution in [2.45, 2.75) is 26.5 Å². The van der Waals surface area contributed by atoms with Crippen LogP contribution in [0.2, 0.25) is 0 Å². The Balaban J connectivity index is 2.11. The number of nitrogens with one attached hydrogen (secondary N) is 1. The summed E-state index contributed by atoms with van der Waals surface area (Å²) in [4.78, 5) is 30.7. The van der Waals surface area contributed by atoms with Crippen molar-refractivity contribution in [2.75, 3.05) is 19.4 Å². The van der Waals surface area contributed by atoms with E-state index in [1.165, 1.54) is 49.5 Å². The summed E-state index contributed by atoms with van der Waals surface area (Å²) in [5.74, 6) is -1.34. The van der Waals surface area contributed by atoms with E-state index in [1.807, 2.05) is 0 Å². The van der Waals surface area contributed by atoms with Crippen LogP contribution in [0.1, 0.15) is 18.9 Å². The van der Waals surface area contributed by atoms with Crippen molar-refractivity contribution in [3.8, 4) is 17.0 Å². The molecule has 3 rings (SSSR count). The van der Waals surface area contributed by atoms with Crippen molar-refractivity contribution < 1.29 is 31.9 Å². The molecule has 0 fully saturated rings. The van der Waals surface area contributed by atoms with Gasteiger partial charge in [-0.1, -0.05) is 0 Å². The van der Waals surface area contributed by atoms with E-state index in [2.05, 4.69) is 32.0 Å². The predicted molar refractivity (Wildman–Crippen MR) is 128 cm³/mol. The zero-order valence-electron chi connectivity index (χ0n) is 20.0. The number of aromatic nitrogens is 2. The van der Waals surface area contributed by atoms with Crippen LogP contribution in [0.25, 0.3) is 11.3 Å². The first-order valence-corrected chi connectivity index (χ1v) is 10.7. The van der Waals surface area contributed by atoms with Crippen molar-refractivity contribution in [2.24, 2.45) is 10.1 Å². The van der Waals surface area contributed by atoms with Crippen molar-refractivity contribution in [1.82, 2.24) is 19.7 Å². The summed E-state index contributed by atoms with van der Waals surface area (Å²) < 4.78 is 58.7. The Bertz CT molecular complexity index is 1290. The van der Waals surface area contributed by atoms with E-state index in [1.54, 1.807) is 6.08 Å². The SMILES string of the molecule is C=NN1C=CC=N/C1=C(/C)C(=O)Nc1cn(CC(=O)N(C)C)nc1-c1cc(C(F)F)ccc1OC(F)F. The standard InChI is InChI=1S/C23H23F4N7O3/c1-13(21-29-8-5-9-34(21)28-2)22(36)30-16-11-33(12-18(35)32(3)4)31-19(16)15-10-14(20(24)25)6-7-17(15)37-23(26)27/h5-11,20,23H,2,12H2,1,3-4H3,(H,30,36)/b21-13+. The summed E-state index contributed by atoms with van der Waals surface area (Å²) in [5.41, 5.74) is -0.830. The zero-order chi connectivity index (χ0) is 27.3. The maximum atomic E-state index is 13.4. The Morgan fingerprint density at radius 1 is 1.24 bits per heavy atom. The molecule has 0 spiro atoms. The number of halogens is 4. The number of hydrogen-bond donors (Lipinski definition) is 1. The van der Waals surface area contributed by atoms with Crippen LogP contribution >= 0.6 is 0 Å². The normalized spacial score (nSPS) is 14.2. The molecule has 2 heterocycles. The minimum absolute atomic E-state index is 0.0458. The number of benzene rings is 1. The summed E-state index contributed by atoms with van der Waals surface area (Å²) >= 11 is 0. The van der Waals surface area contributed by atoms with E-state index >= 15 is 0 Å². The number of aliphatic imine (C=N–C) groups is 1. The van der Waals surface area contributed by atoms with Gasteiger partial charge in [-0.05, 0) is 31.2 Å². The fraction of sp³-hybridized carbons (Fsp3) is 0.261. The van der Waals surface area contributed by atoms with Crippen LogP contribution < -0.4 is 10.1 Å². The Hall–Kier alpha value is -4.49. The number of ether oxygens (including phenoxy) is 1. The second-order valence-corrected chi connectivity index (χ2v) is 7.82. The molecule has 0 saturated heterocycles. The number of allylic oxidation sites excluding steroid dienone is 1. The molecule has 1 N–H and O–H groups in total. The average Bonchev–Trinajstić information content (AvgIpc) is 3.24. The third-order valence-electron chi connectivity index (χ3n) is 5.09. The fourth-order valence-electron chi connectivity index (χ4n) is 3.20. The number of carbonyl (C=O) groups excluding carboxylic acids is 2. The summed E-state index contributed by atoms with van der Waals surface area (Å²) in [6, 6.07) is 2.84. The summed E-state index contributed by atoms with van der Waals surface area (Å²) in [6.45, 7) is 1.34. The number of anilines is 1. The molecule has 0 atom stereocenters. The van der Waals surface area contributed by atoms with Crippen LogP contribution in [0.15, 0.2) is 58.2 Å². The Morgan fingerprint density at radius 3 is 2.59 bits per heavy atom. The highest BCUT2D eigenvalue weighted by molar-refractivity contribution is 6.06. The van der Waals surface area contributed by atoms with Crippen LogP contribution in [-0.2, 0) is 16.1 Å². The third-order valence-corrected chi connectivity index (χ3v) is 5.09. The molecule has 1 aromatic carbocycles. The monoisotopic (exact) mass is 521 g/mol. The molecule has 0 aliphatic carbocycles. The first kappa shape index (κ1) is 27.1. The second kappa shape index (κ2) is 11.5. The smallest absolute Gasteiger partial charge is 0.387 e. The zero-order valence-corrected chi connectivity index (χ0v) is 20.0. The van der Waals surface area contributed by atoms with Crippen LogP contribution in [0.5, 0.6) is 5.75 Å². The molecule has 0 radical (unpaired) electrons. The lowest BCUT2D eigenvalue weighted by Gasteiger charge is -2.18. The molecular formula is C23H23F4N7O3. The lowest BCUT2D eigenvalue weighted by atomic mass is 10.1. The Kier molecular flexibility index (Phi) is 8.42. The molecule has 1 aliphatic heterocycles. The third kappa shape index (κ3) is 6.39. The van der Waals surface area contributed by atoms with Gasteiger partial charge in [-0.25, -0.2) is 18.8 Å². The van der Waals surface area contributed by atoms with Gasteiger partial charge in [0.25, 0.3) is 12.3 Å². The Labute approximate surface area is 209 Å². The van der Waals surface area contributed by atoms with Gasteiger partial charge in [0.15, 0.2) is 5.82 Å². The quantitative estimate of drug-likeness (QED) is 0.307. The van der Waals surface area contributed by atoms with Crippen LogP contribution in [0, 0.1) is 0 Å². The second-order valence-electron chi connectivity index (χ2n) is 7.82. The summed E-state index contributed by atoms with van der Waals surface area (Å²) in [6.07, 6.45) is 2.89. The highest BCUT2D eigenvalue weighted by Gasteiger charge is 2.24. The molecule has 10 nitrogen and oxygen atoms in total. The van der Waals surface area contributed by atoms with Gasteiger partial charge in [0.2, 0.25) is 5.91 Å². The molecule has 196 valence electrons. The van der Waals surface area contributed by atoms with E-state index in [4.69, 9.17) is 0 Å². The van der Waals surface area contributed by atoms with Gasteiger partial charge >= 0.3 is 6.61 Å². The maximum Gasteiger partial charge on any atom is 0.387 e. The molecule has 1 aliphatic rings. The largest absolute Gasteiger partial charge is 0.434 e. The van der Waals surface area contributed by atoms with Crippen molar-refractivity contribution in [3.05, 3.63) is 53.6 Å². The predicted octanol–water partition coefficient (Wildman–Crippen LogP) is 3.86. The average molecular weight is 521 g/mol. The van der Waals surface area contributed by atoms with E-state index < -0.39 is 30.3 Å². The first-order valence-electron chi connectivity index (χ1n) is 10.7. The van der Waals surface area contributed by atoms with Crippen LogP contribution in [-0.4, -0.2) is 65.1 Å². The van der Waals surface area contributed by atoms with E-state index in [0.29, 0.717) is 0 Å². The van der Waals surface area contributed by atoms with Gasteiger partial charge in [-0.2, -0.15) is 19.0 Å². The number of amides is 2. The summed E-state index contributed by atoms with van der Waals surface area (Å²) in [7, 11) is 3.04. The lowest BCUT2D eigenvalue weighted by Crippen LogP contribution is -2.26. The molecule has 14 heteroatoms. The van der Waals surface area contributed by atoms with Crippen molar-refractivity contribution in [3.63, 3.8) is 0 Å². The lowest BCUT2D eigenvalue weighted by molar-refractivity contribution is -0.129. The highest BCUT2D eigenvalue weighted by atomic mass is 19.3. The highest BCUT2D eigenvalue weighted by Crippen LogP contribution is 2.38. The summed E-state index contributed by atoms with van der Waals surface area (Å²) in [5, 5.41) is 11.8. The van der Waals surface area contributed by atoms with Gasteiger partial charge in [0.1, 0.15) is 18.0 Å². The number of likely N-dealkylation sites (N-methyl/N-ethyl adjacent to an activating group) is 1. The molecule has 2 aromatic rings. The van der Waals surface area contributed by atoms with Gasteiger partial charge in [-0.15, -0.1) is 0 Å². The molecule has 0 bridgehead atoms. The number of carbonyl (C=O) groups is 2. The van der Waals surface area contributed by atoms with E-state index in [-0.39, 0.29) is 40.8 Å². The first-order chi connectivity index (χ1) is 17.5. The van der Waals surface area contributed by atoms with Crippen molar-refractivity contribution in [1.29, 1.82) is 0 Å². The van der Waals surface area contributed by atoms with Crippen LogP contribution in [0.3, 0.4) is 0 Å². The van der Waals surface area contributed by atoms with E-state index in [9.17, 15) is 27.2 Å². The van der Waals surface area contributed by atoms with Crippen LogP contribution in [0.4, 0.5) is 23.2 Å². The molecule has 0 unspecified atom stereocenters. The maximum absolute atomic E-state index is 13.4. The number of alkyl halides is 4. The van der Waals surface area contributed by atoms with Gasteiger partial charge in [-0.3, -0.25) is 14.3 Å². The molecular weight excluding hydrogens is 498 g/mol.